The maximum Gasteiger partial charge on any atom is 0.341 e. The molecule has 1 amide bonds. The Kier molecular flexibility index (Phi) is 6.45. The monoisotopic (exact) mass is 491 g/mol. The van der Waals surface area contributed by atoms with Gasteiger partial charge in [-0.05, 0) is 49.0 Å². The number of ether oxygens (including phenoxy) is 1. The molecule has 3 aromatic heterocycles. The molecule has 4 aromatic rings. The van der Waals surface area contributed by atoms with Gasteiger partial charge < -0.3 is 10.1 Å². The van der Waals surface area contributed by atoms with Gasteiger partial charge in [0.15, 0.2) is 0 Å². The number of hydrogen-bond donors (Lipinski definition) is 1. The molecule has 0 fully saturated rings. The quantitative estimate of drug-likeness (QED) is 0.344. The van der Waals surface area contributed by atoms with Gasteiger partial charge in [-0.1, -0.05) is 31.2 Å². The number of benzene rings is 1. The zero-order valence-corrected chi connectivity index (χ0v) is 20.7. The van der Waals surface area contributed by atoms with Crippen molar-refractivity contribution in [3.63, 3.8) is 0 Å². The van der Waals surface area contributed by atoms with Crippen molar-refractivity contribution in [2.75, 3.05) is 25.0 Å². The van der Waals surface area contributed by atoms with Crippen LogP contribution in [0.25, 0.3) is 21.5 Å². The molecule has 1 aliphatic heterocycles. The molecule has 0 saturated heterocycles. The van der Waals surface area contributed by atoms with Crippen LogP contribution in [0.2, 0.25) is 0 Å². The molecular weight excluding hydrogens is 466 g/mol. The number of para-hydroxylation sites is 1. The number of anilines is 1. The van der Waals surface area contributed by atoms with Gasteiger partial charge in [-0.3, -0.25) is 9.69 Å². The molecule has 0 radical (unpaired) electrons. The second-order valence-electron chi connectivity index (χ2n) is 8.05. The SMILES string of the molecule is CCOC(=O)c1c(NC(=O)c2cc(-c3cccs3)nc3ccccc23)sc2c1CCN(CC)C2. The van der Waals surface area contributed by atoms with E-state index in [0.29, 0.717) is 16.1 Å². The summed E-state index contributed by atoms with van der Waals surface area (Å²) in [6.07, 6.45) is 0.768. The van der Waals surface area contributed by atoms with Gasteiger partial charge in [0.05, 0.1) is 33.8 Å². The highest BCUT2D eigenvalue weighted by atomic mass is 32.1. The number of pyridine rings is 1. The van der Waals surface area contributed by atoms with E-state index in [1.165, 1.54) is 11.3 Å². The molecular formula is C26H25N3O3S2. The number of thiophene rings is 2. The third-order valence-electron chi connectivity index (χ3n) is 6.02. The minimum atomic E-state index is -0.376. The third-order valence-corrected chi connectivity index (χ3v) is 8.05. The zero-order chi connectivity index (χ0) is 23.7. The van der Waals surface area contributed by atoms with E-state index in [1.807, 2.05) is 47.8 Å². The van der Waals surface area contributed by atoms with Crippen molar-refractivity contribution in [3.05, 3.63) is 69.4 Å². The van der Waals surface area contributed by atoms with Gasteiger partial charge in [-0.15, -0.1) is 22.7 Å². The summed E-state index contributed by atoms with van der Waals surface area (Å²) in [5.74, 6) is -0.632. The molecule has 34 heavy (non-hydrogen) atoms. The number of nitrogens with zero attached hydrogens (tertiary/aromatic N) is 2. The summed E-state index contributed by atoms with van der Waals surface area (Å²) in [7, 11) is 0. The summed E-state index contributed by atoms with van der Waals surface area (Å²) in [5, 5.41) is 6.38. The molecule has 1 aromatic carbocycles. The topological polar surface area (TPSA) is 71.5 Å². The fraction of sp³-hybridized carbons (Fsp3) is 0.269. The van der Waals surface area contributed by atoms with Gasteiger partial charge in [0.2, 0.25) is 0 Å². The number of carbonyl (C=O) groups is 2. The first-order valence-corrected chi connectivity index (χ1v) is 13.1. The molecule has 0 unspecified atom stereocenters. The highest BCUT2D eigenvalue weighted by Gasteiger charge is 2.29. The first-order chi connectivity index (χ1) is 16.6. The molecule has 0 spiro atoms. The van der Waals surface area contributed by atoms with Crippen LogP contribution in [0.4, 0.5) is 5.00 Å². The molecule has 1 N–H and O–H groups in total. The van der Waals surface area contributed by atoms with Gasteiger partial charge in [0, 0.05) is 23.4 Å². The Labute approximate surface area is 206 Å². The van der Waals surface area contributed by atoms with Gasteiger partial charge in [-0.25, -0.2) is 9.78 Å². The average molecular weight is 492 g/mol. The minimum absolute atomic E-state index is 0.257. The first kappa shape index (κ1) is 22.7. The number of esters is 1. The number of fused-ring (bicyclic) bond motifs is 2. The zero-order valence-electron chi connectivity index (χ0n) is 19.1. The Morgan fingerprint density at radius 3 is 2.79 bits per heavy atom. The number of aromatic nitrogens is 1. The Balaban J connectivity index is 1.56. The molecule has 4 heterocycles. The summed E-state index contributed by atoms with van der Waals surface area (Å²) < 4.78 is 5.37. The van der Waals surface area contributed by atoms with E-state index in [2.05, 4.69) is 17.1 Å². The largest absolute Gasteiger partial charge is 0.462 e. The van der Waals surface area contributed by atoms with E-state index < -0.39 is 0 Å². The molecule has 5 rings (SSSR count). The van der Waals surface area contributed by atoms with Gasteiger partial charge >= 0.3 is 5.97 Å². The number of hydrogen-bond acceptors (Lipinski definition) is 7. The van der Waals surface area contributed by atoms with Crippen LogP contribution < -0.4 is 5.32 Å². The Morgan fingerprint density at radius 2 is 2.03 bits per heavy atom. The van der Waals surface area contributed by atoms with Crippen molar-refractivity contribution in [1.29, 1.82) is 0 Å². The summed E-state index contributed by atoms with van der Waals surface area (Å²) in [6.45, 7) is 6.83. The van der Waals surface area contributed by atoms with Crippen molar-refractivity contribution < 1.29 is 14.3 Å². The summed E-state index contributed by atoms with van der Waals surface area (Å²) >= 11 is 3.06. The van der Waals surface area contributed by atoms with Crippen molar-refractivity contribution in [2.24, 2.45) is 0 Å². The van der Waals surface area contributed by atoms with Crippen LogP contribution in [-0.2, 0) is 17.7 Å². The van der Waals surface area contributed by atoms with Crippen molar-refractivity contribution >= 4 is 50.5 Å². The lowest BCUT2D eigenvalue weighted by Gasteiger charge is -2.25. The van der Waals surface area contributed by atoms with Crippen LogP contribution in [-0.4, -0.2) is 41.5 Å². The van der Waals surface area contributed by atoms with Crippen LogP contribution >= 0.6 is 22.7 Å². The fourth-order valence-corrected chi connectivity index (χ4v) is 6.28. The average Bonchev–Trinajstić information content (AvgIpc) is 3.51. The lowest BCUT2D eigenvalue weighted by Crippen LogP contribution is -2.30. The number of carbonyl (C=O) groups excluding carboxylic acids is 2. The molecule has 174 valence electrons. The van der Waals surface area contributed by atoms with E-state index in [0.717, 1.165) is 58.0 Å². The predicted molar refractivity (Wildman–Crippen MR) is 138 cm³/mol. The van der Waals surface area contributed by atoms with Crippen LogP contribution in [0.15, 0.2) is 47.8 Å². The van der Waals surface area contributed by atoms with Crippen LogP contribution in [0.5, 0.6) is 0 Å². The highest BCUT2D eigenvalue weighted by molar-refractivity contribution is 7.17. The van der Waals surface area contributed by atoms with Gasteiger partial charge in [0.25, 0.3) is 5.91 Å². The molecule has 0 bridgehead atoms. The molecule has 0 atom stereocenters. The van der Waals surface area contributed by atoms with Crippen molar-refractivity contribution in [3.8, 4) is 10.6 Å². The summed E-state index contributed by atoms with van der Waals surface area (Å²) in [4.78, 5) is 35.7. The second kappa shape index (κ2) is 9.66. The number of nitrogens with one attached hydrogen (secondary N) is 1. The van der Waals surface area contributed by atoms with Crippen LogP contribution in [0, 0.1) is 0 Å². The molecule has 0 saturated carbocycles. The third kappa shape index (κ3) is 4.24. The lowest BCUT2D eigenvalue weighted by atomic mass is 10.0. The minimum Gasteiger partial charge on any atom is -0.462 e. The number of likely N-dealkylation sites (N-methyl/N-ethyl adjacent to an activating group) is 1. The fourth-order valence-electron chi connectivity index (χ4n) is 4.32. The van der Waals surface area contributed by atoms with Gasteiger partial charge in [-0.2, -0.15) is 0 Å². The lowest BCUT2D eigenvalue weighted by molar-refractivity contribution is 0.0526. The second-order valence-corrected chi connectivity index (χ2v) is 10.1. The maximum absolute atomic E-state index is 13.6. The Morgan fingerprint density at radius 1 is 1.18 bits per heavy atom. The van der Waals surface area contributed by atoms with E-state index in [9.17, 15) is 9.59 Å². The standard InChI is InChI=1S/C26H25N3O3S2/c1-3-29-12-11-17-22(15-29)34-25(23(17)26(31)32-4-2)28-24(30)18-14-20(21-10-7-13-33-21)27-19-9-6-5-8-16(18)19/h5-10,13-14H,3-4,11-12,15H2,1-2H3,(H,28,30). The number of amides is 1. The number of rotatable bonds is 6. The molecule has 0 aliphatic carbocycles. The molecule has 1 aliphatic rings. The Bertz CT molecular complexity index is 1360. The van der Waals surface area contributed by atoms with Crippen molar-refractivity contribution in [1.82, 2.24) is 9.88 Å². The van der Waals surface area contributed by atoms with Crippen molar-refractivity contribution in [2.45, 2.75) is 26.8 Å². The highest BCUT2D eigenvalue weighted by Crippen LogP contribution is 2.38. The first-order valence-electron chi connectivity index (χ1n) is 11.4. The maximum atomic E-state index is 13.6. The van der Waals surface area contributed by atoms with Crippen LogP contribution in [0.3, 0.4) is 0 Å². The summed E-state index contributed by atoms with van der Waals surface area (Å²) in [6, 6.07) is 13.4. The van der Waals surface area contributed by atoms with Crippen LogP contribution in [0.1, 0.15) is 45.0 Å². The van der Waals surface area contributed by atoms with E-state index in [4.69, 9.17) is 9.72 Å². The normalized spacial score (nSPS) is 13.6. The van der Waals surface area contributed by atoms with E-state index in [1.54, 1.807) is 18.3 Å². The molecule has 8 heteroatoms. The van der Waals surface area contributed by atoms with E-state index >= 15 is 0 Å². The Hall–Kier alpha value is -3.07. The predicted octanol–water partition coefficient (Wildman–Crippen LogP) is 5.83. The van der Waals surface area contributed by atoms with E-state index in [-0.39, 0.29) is 18.5 Å². The van der Waals surface area contributed by atoms with Gasteiger partial charge in [0.1, 0.15) is 5.00 Å². The smallest absolute Gasteiger partial charge is 0.341 e. The summed E-state index contributed by atoms with van der Waals surface area (Å²) in [5.41, 5.74) is 3.55. The molecule has 6 nitrogen and oxygen atoms in total.